The van der Waals surface area contributed by atoms with E-state index in [1.807, 2.05) is 0 Å². The minimum Gasteiger partial charge on any atom is -0.213 e. The second-order valence-electron chi connectivity index (χ2n) is 4.00. The second kappa shape index (κ2) is 5.79. The lowest BCUT2D eigenvalue weighted by Crippen LogP contribution is -2.22. The first-order valence-electron chi connectivity index (χ1n) is 5.13. The minimum atomic E-state index is -3.20. The molecule has 1 aromatic carbocycles. The van der Waals surface area contributed by atoms with Gasteiger partial charge in [-0.1, -0.05) is 24.3 Å². The zero-order valence-corrected chi connectivity index (χ0v) is 11.8. The Morgan fingerprint density at radius 1 is 0.778 bits per heavy atom. The van der Waals surface area contributed by atoms with E-state index in [-0.39, 0.29) is 13.1 Å². The van der Waals surface area contributed by atoms with Crippen molar-refractivity contribution in [1.82, 2.24) is 9.44 Å². The Morgan fingerprint density at radius 2 is 1.06 bits per heavy atom. The fourth-order valence-corrected chi connectivity index (χ4v) is 2.06. The van der Waals surface area contributed by atoms with Gasteiger partial charge < -0.3 is 0 Å². The van der Waals surface area contributed by atoms with Gasteiger partial charge in [-0.15, -0.1) is 0 Å². The van der Waals surface area contributed by atoms with Crippen LogP contribution in [0, 0.1) is 0 Å². The van der Waals surface area contributed by atoms with Crippen LogP contribution < -0.4 is 9.44 Å². The summed E-state index contributed by atoms with van der Waals surface area (Å²) in [5, 5.41) is 0. The first-order chi connectivity index (χ1) is 8.16. The van der Waals surface area contributed by atoms with Crippen LogP contribution in [0.3, 0.4) is 0 Å². The van der Waals surface area contributed by atoms with Crippen LogP contribution in [-0.2, 0) is 33.1 Å². The van der Waals surface area contributed by atoms with Gasteiger partial charge in [-0.25, -0.2) is 26.3 Å². The summed E-state index contributed by atoms with van der Waals surface area (Å²) in [6.45, 7) is 0.442. The Morgan fingerprint density at radius 3 is 1.28 bits per heavy atom. The highest BCUT2D eigenvalue weighted by Crippen LogP contribution is 2.04. The van der Waals surface area contributed by atoms with Crippen molar-refractivity contribution in [3.05, 3.63) is 35.4 Å². The monoisotopic (exact) mass is 292 g/mol. The Kier molecular flexibility index (Phi) is 4.85. The van der Waals surface area contributed by atoms with E-state index < -0.39 is 20.0 Å². The number of benzene rings is 1. The van der Waals surface area contributed by atoms with E-state index in [4.69, 9.17) is 0 Å². The van der Waals surface area contributed by atoms with Crippen molar-refractivity contribution >= 4 is 20.0 Å². The largest absolute Gasteiger partial charge is 0.213 e. The summed E-state index contributed by atoms with van der Waals surface area (Å²) in [4.78, 5) is 0. The molecule has 18 heavy (non-hydrogen) atoms. The molecular weight excluding hydrogens is 276 g/mol. The molecule has 0 saturated carbocycles. The molecule has 0 amide bonds. The van der Waals surface area contributed by atoms with Gasteiger partial charge in [0.2, 0.25) is 20.0 Å². The SMILES string of the molecule is CS(=O)(=O)NCc1ccc(CNS(C)(=O)=O)cc1. The molecular formula is C10H16N2O4S2. The van der Waals surface area contributed by atoms with Crippen LogP contribution in [-0.4, -0.2) is 29.3 Å². The molecule has 0 heterocycles. The maximum Gasteiger partial charge on any atom is 0.209 e. The van der Waals surface area contributed by atoms with Gasteiger partial charge in [-0.3, -0.25) is 0 Å². The molecule has 0 fully saturated rings. The second-order valence-corrected chi connectivity index (χ2v) is 7.67. The van der Waals surface area contributed by atoms with Gasteiger partial charge >= 0.3 is 0 Å². The molecule has 2 N–H and O–H groups in total. The fourth-order valence-electron chi connectivity index (χ4n) is 1.20. The standard InChI is InChI=1S/C10H16N2O4S2/c1-17(13,14)11-7-9-3-5-10(6-4-9)8-12-18(2,15)16/h3-6,11-12H,7-8H2,1-2H3. The Bertz CT molecular complexity index is 536. The summed E-state index contributed by atoms with van der Waals surface area (Å²) in [7, 11) is -6.41. The molecule has 0 bridgehead atoms. The van der Waals surface area contributed by atoms with Crippen LogP contribution >= 0.6 is 0 Å². The van der Waals surface area contributed by atoms with Crippen molar-refractivity contribution in [3.63, 3.8) is 0 Å². The molecule has 0 spiro atoms. The maximum absolute atomic E-state index is 10.9. The molecule has 0 aliphatic heterocycles. The predicted octanol–water partition coefficient (Wildman–Crippen LogP) is -0.215. The predicted molar refractivity (Wildman–Crippen MR) is 69.8 cm³/mol. The van der Waals surface area contributed by atoms with E-state index in [9.17, 15) is 16.8 Å². The average Bonchev–Trinajstić information content (AvgIpc) is 2.23. The van der Waals surface area contributed by atoms with Crippen LogP contribution in [0.5, 0.6) is 0 Å². The van der Waals surface area contributed by atoms with Gasteiger partial charge in [0, 0.05) is 13.1 Å². The molecule has 1 aromatic rings. The molecule has 0 radical (unpaired) electrons. The van der Waals surface area contributed by atoms with Crippen molar-refractivity contribution in [3.8, 4) is 0 Å². The van der Waals surface area contributed by atoms with Crippen molar-refractivity contribution < 1.29 is 16.8 Å². The van der Waals surface area contributed by atoms with Crippen LogP contribution in [0.25, 0.3) is 0 Å². The summed E-state index contributed by atoms with van der Waals surface area (Å²) < 4.78 is 48.3. The molecule has 6 nitrogen and oxygen atoms in total. The molecule has 0 saturated heterocycles. The number of rotatable bonds is 6. The van der Waals surface area contributed by atoms with Crippen LogP contribution in [0.15, 0.2) is 24.3 Å². The molecule has 102 valence electrons. The van der Waals surface area contributed by atoms with Gasteiger partial charge in [0.15, 0.2) is 0 Å². The molecule has 0 aromatic heterocycles. The van der Waals surface area contributed by atoms with Crippen LogP contribution in [0.2, 0.25) is 0 Å². The summed E-state index contributed by atoms with van der Waals surface area (Å²) in [5.74, 6) is 0. The van der Waals surface area contributed by atoms with Crippen molar-refractivity contribution in [2.24, 2.45) is 0 Å². The van der Waals surface area contributed by atoms with E-state index in [2.05, 4.69) is 9.44 Å². The van der Waals surface area contributed by atoms with E-state index in [1.54, 1.807) is 24.3 Å². The highest BCUT2D eigenvalue weighted by atomic mass is 32.2. The first-order valence-corrected chi connectivity index (χ1v) is 8.91. The third-order valence-electron chi connectivity index (χ3n) is 2.10. The summed E-state index contributed by atoms with van der Waals surface area (Å²) in [5.41, 5.74) is 1.62. The van der Waals surface area contributed by atoms with E-state index in [0.29, 0.717) is 0 Å². The lowest BCUT2D eigenvalue weighted by molar-refractivity contribution is 0.585. The lowest BCUT2D eigenvalue weighted by Gasteiger charge is -2.05. The smallest absolute Gasteiger partial charge is 0.209 e. The molecule has 0 unspecified atom stereocenters. The van der Waals surface area contributed by atoms with E-state index in [0.717, 1.165) is 23.6 Å². The van der Waals surface area contributed by atoms with Crippen LogP contribution in [0.1, 0.15) is 11.1 Å². The highest BCUT2D eigenvalue weighted by molar-refractivity contribution is 7.88. The number of nitrogens with one attached hydrogen (secondary N) is 2. The number of sulfonamides is 2. The van der Waals surface area contributed by atoms with Gasteiger partial charge in [-0.2, -0.15) is 0 Å². The average molecular weight is 292 g/mol. The Labute approximate surface area is 108 Å². The summed E-state index contributed by atoms with van der Waals surface area (Å²) in [6, 6.07) is 6.99. The van der Waals surface area contributed by atoms with E-state index >= 15 is 0 Å². The van der Waals surface area contributed by atoms with Crippen LogP contribution in [0.4, 0.5) is 0 Å². The van der Waals surface area contributed by atoms with Gasteiger partial charge in [0.05, 0.1) is 12.5 Å². The summed E-state index contributed by atoms with van der Waals surface area (Å²) >= 11 is 0. The molecule has 8 heteroatoms. The Balaban J connectivity index is 2.58. The zero-order chi connectivity index (χ0) is 13.8. The molecule has 0 aliphatic rings. The number of hydrogen-bond acceptors (Lipinski definition) is 4. The summed E-state index contributed by atoms with van der Waals surface area (Å²) in [6.07, 6.45) is 2.19. The minimum absolute atomic E-state index is 0.221. The third-order valence-corrected chi connectivity index (χ3v) is 3.44. The topological polar surface area (TPSA) is 92.3 Å². The first kappa shape index (κ1) is 15.1. The molecule has 0 aliphatic carbocycles. The van der Waals surface area contributed by atoms with Crippen molar-refractivity contribution in [1.29, 1.82) is 0 Å². The van der Waals surface area contributed by atoms with Gasteiger partial charge in [0.1, 0.15) is 0 Å². The van der Waals surface area contributed by atoms with Crippen molar-refractivity contribution in [2.45, 2.75) is 13.1 Å². The lowest BCUT2D eigenvalue weighted by atomic mass is 10.1. The van der Waals surface area contributed by atoms with E-state index in [1.165, 1.54) is 0 Å². The van der Waals surface area contributed by atoms with Gasteiger partial charge in [0.25, 0.3) is 0 Å². The maximum atomic E-state index is 10.9. The zero-order valence-electron chi connectivity index (χ0n) is 10.2. The number of hydrogen-bond donors (Lipinski definition) is 2. The highest BCUT2D eigenvalue weighted by Gasteiger charge is 2.03. The third kappa shape index (κ3) is 6.70. The van der Waals surface area contributed by atoms with Crippen molar-refractivity contribution in [2.75, 3.05) is 12.5 Å². The quantitative estimate of drug-likeness (QED) is 0.758. The normalized spacial score (nSPS) is 12.6. The fraction of sp³-hybridized carbons (Fsp3) is 0.400. The van der Waals surface area contributed by atoms with Gasteiger partial charge in [-0.05, 0) is 11.1 Å². The molecule has 1 rings (SSSR count). The Hall–Kier alpha value is -0.960. The molecule has 0 atom stereocenters.